The van der Waals surface area contributed by atoms with E-state index in [1.807, 2.05) is 0 Å². The molecule has 21 heavy (non-hydrogen) atoms. The van der Waals surface area contributed by atoms with Crippen LogP contribution in [0.4, 0.5) is 0 Å². The van der Waals surface area contributed by atoms with Crippen molar-refractivity contribution < 1.29 is 21.7 Å². The minimum absolute atomic E-state index is 0. The van der Waals surface area contributed by atoms with Gasteiger partial charge in [0.25, 0.3) is 0 Å². The molecule has 0 amide bonds. The fraction of sp³-hybridized carbons (Fsp3) is 0.889. The van der Waals surface area contributed by atoms with E-state index in [9.17, 15) is 0 Å². The maximum Gasteiger partial charge on any atom is 2.00 e. The van der Waals surface area contributed by atoms with E-state index < -0.39 is 0 Å². The Morgan fingerprint density at radius 2 is 1.05 bits per heavy atom. The zero-order valence-electron chi connectivity index (χ0n) is 16.3. The number of hydrogen-bond donors (Lipinski definition) is 0. The van der Waals surface area contributed by atoms with Crippen LogP contribution in [-0.4, -0.2) is 24.6 Å². The Balaban J connectivity index is -0.00000108. The monoisotopic (exact) mass is 366 g/mol. The smallest absolute Gasteiger partial charge is 0.358 e. The molecular weight excluding hydrogens is 326 g/mol. The second-order valence-corrected chi connectivity index (χ2v) is 11.0. The van der Waals surface area contributed by atoms with Crippen LogP contribution in [0.25, 0.3) is 0 Å². The van der Waals surface area contributed by atoms with Gasteiger partial charge in [0.1, 0.15) is 0 Å². The first-order valence-corrected chi connectivity index (χ1v) is 10.6. The van der Waals surface area contributed by atoms with Gasteiger partial charge in [0.15, 0.2) is 0 Å². The van der Waals surface area contributed by atoms with Crippen molar-refractivity contribution in [3.05, 3.63) is 14.9 Å². The van der Waals surface area contributed by atoms with Gasteiger partial charge in [-0.15, -0.1) is 17.2 Å². The molecule has 1 fully saturated rings. The third-order valence-electron chi connectivity index (χ3n) is 5.45. The van der Waals surface area contributed by atoms with Crippen molar-refractivity contribution in [2.75, 3.05) is 13.3 Å². The molecule has 0 heterocycles. The Kier molecular flexibility index (Phi) is 12.8. The van der Waals surface area contributed by atoms with Crippen LogP contribution < -0.4 is 0 Å². The third kappa shape index (κ3) is 5.85. The minimum Gasteiger partial charge on any atom is -0.358 e. The summed E-state index contributed by atoms with van der Waals surface area (Å²) in [5.74, 6) is 0. The molecule has 1 saturated carbocycles. The molecule has 0 radical (unpaired) electrons. The van der Waals surface area contributed by atoms with Crippen molar-refractivity contribution in [1.82, 2.24) is 0 Å². The molecule has 0 aromatic rings. The SMILES string of the molecule is CPC1CC(PC)CC(C(C)(C)C)(C(C)(C)C)C1.[CH3-].[CH3-].[Ti+2]. The number of hydrogen-bond acceptors (Lipinski definition) is 0. The van der Waals surface area contributed by atoms with Crippen molar-refractivity contribution in [3.63, 3.8) is 0 Å². The fourth-order valence-electron chi connectivity index (χ4n) is 4.22. The zero-order chi connectivity index (χ0) is 14.2. The van der Waals surface area contributed by atoms with Gasteiger partial charge < -0.3 is 14.9 Å². The van der Waals surface area contributed by atoms with E-state index in [4.69, 9.17) is 0 Å². The van der Waals surface area contributed by atoms with E-state index in [-0.39, 0.29) is 36.6 Å². The van der Waals surface area contributed by atoms with E-state index in [0.29, 0.717) is 16.2 Å². The molecule has 0 aliphatic heterocycles. The van der Waals surface area contributed by atoms with Crippen LogP contribution in [0.3, 0.4) is 0 Å². The second-order valence-electron chi connectivity index (χ2n) is 8.20. The molecule has 4 unspecified atom stereocenters. The Morgan fingerprint density at radius 1 is 0.762 bits per heavy atom. The molecule has 4 atom stereocenters. The number of rotatable bonds is 2. The maximum atomic E-state index is 2.48. The van der Waals surface area contributed by atoms with Gasteiger partial charge in [0.2, 0.25) is 0 Å². The van der Waals surface area contributed by atoms with Gasteiger partial charge in [-0.05, 0) is 60.2 Å². The molecule has 0 aromatic heterocycles. The van der Waals surface area contributed by atoms with E-state index in [0.717, 1.165) is 28.5 Å². The van der Waals surface area contributed by atoms with Crippen molar-refractivity contribution in [1.29, 1.82) is 0 Å². The average molecular weight is 366 g/mol. The summed E-state index contributed by atoms with van der Waals surface area (Å²) in [4.78, 5) is 0. The van der Waals surface area contributed by atoms with Gasteiger partial charge in [-0.2, -0.15) is 0 Å². The van der Waals surface area contributed by atoms with Crippen LogP contribution in [-0.2, 0) is 21.7 Å². The Morgan fingerprint density at radius 3 is 1.24 bits per heavy atom. The van der Waals surface area contributed by atoms with Crippen LogP contribution in [0.1, 0.15) is 60.8 Å². The largest absolute Gasteiger partial charge is 2.00 e. The minimum atomic E-state index is 0. The Labute approximate surface area is 155 Å². The van der Waals surface area contributed by atoms with E-state index in [1.54, 1.807) is 0 Å². The van der Waals surface area contributed by atoms with Gasteiger partial charge in [0.05, 0.1) is 0 Å². The standard InChI is InChI=1S/C16H34P2.2CH3.Ti/c1-14(2,3)16(15(4,5)6)10-12(17-7)9-13(11-16)18-8;;;/h12-13,17-18H,9-11H2,1-8H3;2*1H3;/q;2*-1;+2. The summed E-state index contributed by atoms with van der Waals surface area (Å²) in [6.45, 7) is 19.7. The van der Waals surface area contributed by atoms with Crippen molar-refractivity contribution in [2.24, 2.45) is 16.2 Å². The maximum absolute atomic E-state index is 2.48. The van der Waals surface area contributed by atoms with Gasteiger partial charge in [-0.3, -0.25) is 0 Å². The molecule has 0 N–H and O–H groups in total. The van der Waals surface area contributed by atoms with Gasteiger partial charge in [0, 0.05) is 0 Å². The summed E-state index contributed by atoms with van der Waals surface area (Å²) in [7, 11) is 2.25. The van der Waals surface area contributed by atoms with Crippen molar-refractivity contribution >= 4 is 17.2 Å². The van der Waals surface area contributed by atoms with E-state index >= 15 is 0 Å². The second kappa shape index (κ2) is 9.77. The summed E-state index contributed by atoms with van der Waals surface area (Å²) in [5.41, 5.74) is 3.31. The first-order chi connectivity index (χ1) is 8.07. The van der Waals surface area contributed by atoms with Crippen LogP contribution in [0.5, 0.6) is 0 Å². The molecule has 1 aliphatic rings. The molecule has 3 heteroatoms. The quantitative estimate of drug-likeness (QED) is 0.297. The Bertz CT molecular complexity index is 248. The van der Waals surface area contributed by atoms with E-state index in [1.165, 1.54) is 19.3 Å². The molecule has 0 nitrogen and oxygen atoms in total. The third-order valence-corrected chi connectivity index (χ3v) is 7.96. The van der Waals surface area contributed by atoms with Crippen LogP contribution in [0.2, 0.25) is 0 Å². The molecule has 1 rings (SSSR count). The van der Waals surface area contributed by atoms with Crippen molar-refractivity contribution in [3.8, 4) is 0 Å². The van der Waals surface area contributed by atoms with Crippen LogP contribution >= 0.6 is 17.2 Å². The zero-order valence-corrected chi connectivity index (χ0v) is 19.8. The normalized spacial score (nSPS) is 26.3. The van der Waals surface area contributed by atoms with Gasteiger partial charge in [-0.1, -0.05) is 41.5 Å². The van der Waals surface area contributed by atoms with Crippen molar-refractivity contribution in [2.45, 2.75) is 72.1 Å². The predicted octanol–water partition coefficient (Wildman–Crippen LogP) is 6.50. The fourth-order valence-corrected chi connectivity index (χ4v) is 6.61. The first kappa shape index (κ1) is 27.4. The topological polar surface area (TPSA) is 0 Å². The molecule has 126 valence electrons. The summed E-state index contributed by atoms with van der Waals surface area (Å²) in [6, 6.07) is 0. The molecule has 0 aromatic carbocycles. The molecule has 0 bridgehead atoms. The van der Waals surface area contributed by atoms with Crippen LogP contribution in [0, 0.1) is 31.1 Å². The molecule has 0 saturated heterocycles. The molecule has 1 aliphatic carbocycles. The van der Waals surface area contributed by atoms with Crippen LogP contribution in [0.15, 0.2) is 0 Å². The average Bonchev–Trinajstić information content (AvgIpc) is 2.25. The predicted molar refractivity (Wildman–Crippen MR) is 104 cm³/mol. The first-order valence-electron chi connectivity index (χ1n) is 7.42. The van der Waals surface area contributed by atoms with Gasteiger partial charge in [-0.25, -0.2) is 0 Å². The summed E-state index contributed by atoms with van der Waals surface area (Å²) in [5, 5.41) is 0. The summed E-state index contributed by atoms with van der Waals surface area (Å²) < 4.78 is 0. The van der Waals surface area contributed by atoms with Gasteiger partial charge >= 0.3 is 21.7 Å². The summed E-state index contributed by atoms with van der Waals surface area (Å²) >= 11 is 0. The Hall–Kier alpha value is 1.57. The summed E-state index contributed by atoms with van der Waals surface area (Å²) in [6.07, 6.45) is 4.41. The molecular formula is C18H40P2Ti. The van der Waals surface area contributed by atoms with E-state index in [2.05, 4.69) is 54.9 Å². The molecule has 0 spiro atoms.